The molecule has 9 heteroatoms. The molecule has 0 unspecified atom stereocenters. The summed E-state index contributed by atoms with van der Waals surface area (Å²) in [7, 11) is 3.05. The van der Waals surface area contributed by atoms with Crippen LogP contribution in [0.25, 0.3) is 0 Å². The van der Waals surface area contributed by atoms with Crippen LogP contribution in [0.5, 0.6) is 11.5 Å². The highest BCUT2D eigenvalue weighted by Gasteiger charge is 2.55. The first kappa shape index (κ1) is 17.3. The fraction of sp³-hybridized carbons (Fsp3) is 0.222. The van der Waals surface area contributed by atoms with Crippen LogP contribution >= 0.6 is 11.6 Å². The lowest BCUT2D eigenvalue weighted by Gasteiger charge is -2.21. The lowest BCUT2D eigenvalue weighted by molar-refractivity contribution is -0.121. The van der Waals surface area contributed by atoms with E-state index in [0.29, 0.717) is 27.9 Å². The van der Waals surface area contributed by atoms with Crippen LogP contribution in [-0.2, 0) is 9.59 Å². The molecule has 0 N–H and O–H groups in total. The van der Waals surface area contributed by atoms with Gasteiger partial charge in [0.15, 0.2) is 12.1 Å². The van der Waals surface area contributed by atoms with E-state index in [1.165, 1.54) is 19.2 Å². The summed E-state index contributed by atoms with van der Waals surface area (Å²) >= 11 is 6.00. The quantitative estimate of drug-likeness (QED) is 0.754. The van der Waals surface area contributed by atoms with Crippen LogP contribution in [0.1, 0.15) is 0 Å². The molecule has 0 radical (unpaired) electrons. The molecule has 27 heavy (non-hydrogen) atoms. The van der Waals surface area contributed by atoms with Gasteiger partial charge in [0, 0.05) is 23.2 Å². The molecular weight excluding hydrogens is 372 g/mol. The van der Waals surface area contributed by atoms with Crippen molar-refractivity contribution >= 4 is 34.8 Å². The van der Waals surface area contributed by atoms with E-state index in [0.717, 1.165) is 4.90 Å². The van der Waals surface area contributed by atoms with Crippen molar-refractivity contribution in [3.8, 4) is 11.5 Å². The number of ether oxygens (including phenoxy) is 2. The van der Waals surface area contributed by atoms with Crippen molar-refractivity contribution in [3.05, 3.63) is 47.5 Å². The second kappa shape index (κ2) is 6.55. The predicted molar refractivity (Wildman–Crippen MR) is 98.4 cm³/mol. The molecule has 0 spiro atoms. The van der Waals surface area contributed by atoms with Crippen LogP contribution in [0.4, 0.5) is 11.4 Å². The zero-order valence-corrected chi connectivity index (χ0v) is 15.3. The van der Waals surface area contributed by atoms with Crippen LogP contribution < -0.4 is 19.4 Å². The van der Waals surface area contributed by atoms with Gasteiger partial charge < -0.3 is 9.47 Å². The minimum atomic E-state index is -0.909. The van der Waals surface area contributed by atoms with Gasteiger partial charge in [0.1, 0.15) is 11.5 Å². The van der Waals surface area contributed by atoms with Gasteiger partial charge in [0.25, 0.3) is 11.8 Å². The van der Waals surface area contributed by atoms with Crippen molar-refractivity contribution in [2.45, 2.75) is 12.1 Å². The van der Waals surface area contributed by atoms with Gasteiger partial charge in [-0.15, -0.1) is 0 Å². The van der Waals surface area contributed by atoms with Gasteiger partial charge in [-0.1, -0.05) is 22.9 Å². The third-order valence-electron chi connectivity index (χ3n) is 4.45. The normalized spacial score (nSPS) is 21.0. The highest BCUT2D eigenvalue weighted by atomic mass is 35.5. The van der Waals surface area contributed by atoms with Crippen molar-refractivity contribution in [2.24, 2.45) is 10.3 Å². The molecule has 138 valence electrons. The van der Waals surface area contributed by atoms with E-state index in [9.17, 15) is 9.59 Å². The van der Waals surface area contributed by atoms with Gasteiger partial charge in [-0.25, -0.2) is 9.91 Å². The number of nitrogens with zero attached hydrogens (tertiary/aromatic N) is 4. The zero-order chi connectivity index (χ0) is 19.1. The van der Waals surface area contributed by atoms with Crippen LogP contribution in [-0.4, -0.2) is 38.1 Å². The van der Waals surface area contributed by atoms with E-state index >= 15 is 0 Å². The molecule has 2 atom stereocenters. The molecule has 0 aliphatic carbocycles. The molecule has 0 aromatic heterocycles. The summed E-state index contributed by atoms with van der Waals surface area (Å²) in [5.41, 5.74) is 0.946. The number of hydrogen-bond acceptors (Lipinski definition) is 7. The Morgan fingerprint density at radius 3 is 2.30 bits per heavy atom. The van der Waals surface area contributed by atoms with Crippen molar-refractivity contribution in [3.63, 3.8) is 0 Å². The molecule has 8 nitrogen and oxygen atoms in total. The van der Waals surface area contributed by atoms with Gasteiger partial charge >= 0.3 is 0 Å². The van der Waals surface area contributed by atoms with Crippen molar-refractivity contribution in [2.75, 3.05) is 24.1 Å². The second-order valence-electron chi connectivity index (χ2n) is 6.00. The number of methoxy groups -OCH3 is 2. The molecule has 4 rings (SSSR count). The highest BCUT2D eigenvalue weighted by molar-refractivity contribution is 6.32. The molecule has 0 saturated carbocycles. The zero-order valence-electron chi connectivity index (χ0n) is 14.5. The Bertz CT molecular complexity index is 942. The fourth-order valence-electron chi connectivity index (χ4n) is 3.17. The average Bonchev–Trinajstić information content (AvgIpc) is 3.21. The molecular formula is C18H15ClN4O4. The maximum Gasteiger partial charge on any atom is 0.263 e. The molecule has 2 aromatic rings. The van der Waals surface area contributed by atoms with Crippen LogP contribution in [0.15, 0.2) is 52.8 Å². The first-order valence-corrected chi connectivity index (χ1v) is 8.47. The van der Waals surface area contributed by atoms with E-state index in [2.05, 4.69) is 10.3 Å². The molecule has 0 bridgehead atoms. The Morgan fingerprint density at radius 1 is 0.963 bits per heavy atom. The largest absolute Gasteiger partial charge is 0.497 e. The van der Waals surface area contributed by atoms with E-state index in [1.807, 2.05) is 0 Å². The summed E-state index contributed by atoms with van der Waals surface area (Å²) < 4.78 is 10.5. The third-order valence-corrected chi connectivity index (χ3v) is 4.68. The number of fused-ring (bicyclic) bond motifs is 1. The van der Waals surface area contributed by atoms with Crippen molar-refractivity contribution < 1.29 is 19.1 Å². The summed E-state index contributed by atoms with van der Waals surface area (Å²) in [5, 5.41) is 9.91. The Hall–Kier alpha value is -3.13. The Morgan fingerprint density at radius 2 is 1.67 bits per heavy atom. The standard InChI is InChI=1S/C18H15ClN4O4/c1-26-13-7-12(8-14(9-13)27-2)23-16-15(20-21-23)17(24)22(18(16)25)11-5-3-4-10(19)6-11/h3-9,15-16H,1-2H3/t15-,16+/m0/s1. The maximum absolute atomic E-state index is 13.0. The lowest BCUT2D eigenvalue weighted by atomic mass is 10.1. The van der Waals surface area contributed by atoms with E-state index in [4.69, 9.17) is 21.1 Å². The maximum atomic E-state index is 13.0. The topological polar surface area (TPSA) is 83.8 Å². The van der Waals surface area contributed by atoms with Crippen LogP contribution in [0.3, 0.4) is 0 Å². The fourth-order valence-corrected chi connectivity index (χ4v) is 3.35. The van der Waals surface area contributed by atoms with E-state index in [1.54, 1.807) is 42.5 Å². The SMILES string of the molecule is COc1cc(OC)cc(N2N=N[C@@H]3C(=O)N(c4cccc(Cl)c4)C(=O)[C@@H]32)c1. The predicted octanol–water partition coefficient (Wildman–Crippen LogP) is 2.86. The summed E-state index contributed by atoms with van der Waals surface area (Å²) in [4.78, 5) is 26.9. The summed E-state index contributed by atoms with van der Waals surface area (Å²) in [5.74, 6) is 0.213. The number of rotatable bonds is 4. The molecule has 2 amide bonds. The first-order chi connectivity index (χ1) is 13.0. The van der Waals surface area contributed by atoms with Gasteiger partial charge in [0.05, 0.1) is 25.6 Å². The lowest BCUT2D eigenvalue weighted by Crippen LogP contribution is -2.39. The Balaban J connectivity index is 1.72. The minimum absolute atomic E-state index is 0.408. The number of carbonyl (C=O) groups excluding carboxylic acids is 2. The van der Waals surface area contributed by atoms with E-state index in [-0.39, 0.29) is 0 Å². The van der Waals surface area contributed by atoms with Gasteiger partial charge in [-0.3, -0.25) is 9.59 Å². The van der Waals surface area contributed by atoms with Crippen molar-refractivity contribution in [1.82, 2.24) is 0 Å². The molecule has 1 fully saturated rings. The second-order valence-corrected chi connectivity index (χ2v) is 6.44. The number of halogens is 1. The smallest absolute Gasteiger partial charge is 0.263 e. The Labute approximate surface area is 159 Å². The number of benzene rings is 2. The Kier molecular flexibility index (Phi) is 4.19. The molecule has 2 heterocycles. The molecule has 2 aromatic carbocycles. The van der Waals surface area contributed by atoms with Gasteiger partial charge in [0.2, 0.25) is 0 Å². The van der Waals surface area contributed by atoms with Crippen molar-refractivity contribution in [1.29, 1.82) is 0 Å². The summed E-state index contributed by atoms with van der Waals surface area (Å²) in [6.07, 6.45) is 0. The number of amides is 2. The molecule has 2 aliphatic heterocycles. The first-order valence-electron chi connectivity index (χ1n) is 8.10. The van der Waals surface area contributed by atoms with Gasteiger partial charge in [-0.2, -0.15) is 5.11 Å². The third kappa shape index (κ3) is 2.78. The number of carbonyl (C=O) groups is 2. The minimum Gasteiger partial charge on any atom is -0.497 e. The highest BCUT2D eigenvalue weighted by Crippen LogP contribution is 2.38. The number of anilines is 2. The van der Waals surface area contributed by atoms with Crippen LogP contribution in [0.2, 0.25) is 5.02 Å². The van der Waals surface area contributed by atoms with E-state index < -0.39 is 23.9 Å². The molecule has 1 saturated heterocycles. The van der Waals surface area contributed by atoms with Crippen LogP contribution in [0, 0.1) is 0 Å². The monoisotopic (exact) mass is 386 g/mol. The number of hydrogen-bond donors (Lipinski definition) is 0. The number of imide groups is 1. The summed E-state index contributed by atoms with van der Waals surface area (Å²) in [6.45, 7) is 0. The summed E-state index contributed by atoms with van der Waals surface area (Å²) in [6, 6.07) is 9.89. The molecule has 2 aliphatic rings. The average molecular weight is 387 g/mol. The van der Waals surface area contributed by atoms with Gasteiger partial charge in [-0.05, 0) is 18.2 Å².